The zero-order valence-electron chi connectivity index (χ0n) is 22.1. The number of morpholine rings is 1. The highest BCUT2D eigenvalue weighted by atomic mass is 32.2. The number of amidine groups is 1. The quantitative estimate of drug-likeness (QED) is 0.479. The molecule has 0 N–H and O–H groups in total. The smallest absolute Gasteiger partial charge is 0.267 e. The van der Waals surface area contributed by atoms with E-state index in [4.69, 9.17) is 9.73 Å². The summed E-state index contributed by atoms with van der Waals surface area (Å²) in [5, 5.41) is 1.97. The predicted octanol–water partition coefficient (Wildman–Crippen LogP) is 5.44. The third kappa shape index (κ3) is 5.43. The van der Waals surface area contributed by atoms with Crippen LogP contribution in [0.15, 0.2) is 40.4 Å². The lowest BCUT2D eigenvalue weighted by atomic mass is 9.94. The van der Waals surface area contributed by atoms with Gasteiger partial charge in [-0.05, 0) is 49.6 Å². The number of aromatic nitrogens is 1. The SMILES string of the molecule is O=C(Cn1cc(/C=C2\SC(=NC3CCCCC3)N(C3CCCCC3)C2=O)c2ccccc21)N1CCOCC1. The molecule has 2 amide bonds. The van der Waals surface area contributed by atoms with Crippen molar-refractivity contribution in [3.8, 4) is 0 Å². The number of thioether (sulfide) groups is 1. The fourth-order valence-corrected chi connectivity index (χ4v) is 7.43. The third-order valence-corrected chi connectivity index (χ3v) is 9.42. The third-order valence-electron chi connectivity index (χ3n) is 8.42. The number of aliphatic imine (C=N–C) groups is 1. The van der Waals surface area contributed by atoms with Crippen LogP contribution in [0.4, 0.5) is 0 Å². The number of fused-ring (bicyclic) bond motifs is 1. The lowest BCUT2D eigenvalue weighted by molar-refractivity contribution is -0.135. The summed E-state index contributed by atoms with van der Waals surface area (Å²) in [6, 6.07) is 8.74. The van der Waals surface area contributed by atoms with E-state index >= 15 is 0 Å². The van der Waals surface area contributed by atoms with Gasteiger partial charge < -0.3 is 14.2 Å². The minimum absolute atomic E-state index is 0.0951. The standard InChI is InChI=1S/C30H38N4O3S/c35-28(32-15-17-37-18-16-32)21-33-20-22(25-13-7-8-14-26(25)33)19-27-29(36)34(24-11-5-2-6-12-24)30(38-27)31-23-9-3-1-4-10-23/h7-8,13-14,19-20,23-24H,1-6,9-12,15-18,21H2/b27-19-,31-30?. The number of hydrogen-bond acceptors (Lipinski definition) is 5. The van der Waals surface area contributed by atoms with Crippen molar-refractivity contribution < 1.29 is 14.3 Å². The topological polar surface area (TPSA) is 67.1 Å². The molecule has 6 rings (SSSR count). The van der Waals surface area contributed by atoms with Gasteiger partial charge in [-0.1, -0.05) is 56.7 Å². The Morgan fingerprint density at radius 1 is 1.00 bits per heavy atom. The van der Waals surface area contributed by atoms with Crippen LogP contribution in [-0.4, -0.2) is 69.7 Å². The van der Waals surface area contributed by atoms with Crippen molar-refractivity contribution in [3.63, 3.8) is 0 Å². The van der Waals surface area contributed by atoms with Crippen LogP contribution in [0.3, 0.4) is 0 Å². The summed E-state index contributed by atoms with van der Waals surface area (Å²) in [4.78, 5) is 36.7. The van der Waals surface area contributed by atoms with E-state index in [9.17, 15) is 9.59 Å². The molecule has 1 aromatic heterocycles. The maximum absolute atomic E-state index is 13.9. The summed E-state index contributed by atoms with van der Waals surface area (Å²) in [5.74, 6) is 0.197. The van der Waals surface area contributed by atoms with Gasteiger partial charge >= 0.3 is 0 Å². The molecular weight excluding hydrogens is 496 g/mol. The molecule has 2 aromatic rings. The molecule has 8 heteroatoms. The van der Waals surface area contributed by atoms with Gasteiger partial charge in [0.2, 0.25) is 5.91 Å². The Hall–Kier alpha value is -2.58. The Morgan fingerprint density at radius 2 is 1.71 bits per heavy atom. The first-order chi connectivity index (χ1) is 18.7. The van der Waals surface area contributed by atoms with Crippen molar-refractivity contribution in [2.24, 2.45) is 4.99 Å². The van der Waals surface area contributed by atoms with Crippen LogP contribution in [-0.2, 0) is 20.9 Å². The largest absolute Gasteiger partial charge is 0.378 e. The zero-order valence-corrected chi connectivity index (χ0v) is 23.0. The van der Waals surface area contributed by atoms with E-state index in [1.165, 1.54) is 38.5 Å². The van der Waals surface area contributed by atoms with Gasteiger partial charge in [-0.15, -0.1) is 0 Å². The molecule has 7 nitrogen and oxygen atoms in total. The minimum atomic E-state index is 0.0951. The summed E-state index contributed by atoms with van der Waals surface area (Å²) in [6.45, 7) is 2.75. The van der Waals surface area contributed by atoms with Crippen LogP contribution in [0.2, 0.25) is 0 Å². The highest BCUT2D eigenvalue weighted by Gasteiger charge is 2.39. The molecule has 0 atom stereocenters. The van der Waals surface area contributed by atoms with Crippen LogP contribution >= 0.6 is 11.8 Å². The Kier molecular flexibility index (Phi) is 7.88. The second-order valence-electron chi connectivity index (χ2n) is 11.0. The number of amides is 2. The molecule has 2 aliphatic heterocycles. The summed E-state index contributed by atoms with van der Waals surface area (Å²) in [7, 11) is 0. The van der Waals surface area contributed by atoms with Gasteiger partial charge in [0, 0.05) is 41.8 Å². The highest BCUT2D eigenvalue weighted by molar-refractivity contribution is 8.18. The van der Waals surface area contributed by atoms with Crippen molar-refractivity contribution in [2.45, 2.75) is 82.8 Å². The lowest BCUT2D eigenvalue weighted by Gasteiger charge is -2.31. The van der Waals surface area contributed by atoms with E-state index in [1.807, 2.05) is 38.8 Å². The van der Waals surface area contributed by atoms with Crippen molar-refractivity contribution in [3.05, 3.63) is 40.9 Å². The average Bonchev–Trinajstić information content (AvgIpc) is 3.46. The molecule has 4 fully saturated rings. The lowest BCUT2D eigenvalue weighted by Crippen LogP contribution is -2.42. The maximum atomic E-state index is 13.9. The number of ether oxygens (including phenoxy) is 1. The number of nitrogens with zero attached hydrogens (tertiary/aromatic N) is 4. The van der Waals surface area contributed by atoms with Crippen molar-refractivity contribution in [1.29, 1.82) is 0 Å². The van der Waals surface area contributed by atoms with Crippen LogP contribution in [0.1, 0.15) is 69.8 Å². The molecule has 2 saturated carbocycles. The van der Waals surface area contributed by atoms with Crippen molar-refractivity contribution in [1.82, 2.24) is 14.4 Å². The molecule has 0 unspecified atom stereocenters. The summed E-state index contributed by atoms with van der Waals surface area (Å²) in [5.41, 5.74) is 1.99. The summed E-state index contributed by atoms with van der Waals surface area (Å²) < 4.78 is 7.44. The maximum Gasteiger partial charge on any atom is 0.267 e. The molecule has 202 valence electrons. The molecule has 2 aliphatic carbocycles. The predicted molar refractivity (Wildman–Crippen MR) is 153 cm³/mol. The minimum Gasteiger partial charge on any atom is -0.378 e. The van der Waals surface area contributed by atoms with Crippen LogP contribution < -0.4 is 0 Å². The number of benzene rings is 1. The molecule has 0 bridgehead atoms. The number of rotatable bonds is 5. The van der Waals surface area contributed by atoms with Gasteiger partial charge in [0.25, 0.3) is 5.91 Å². The van der Waals surface area contributed by atoms with Gasteiger partial charge in [0.15, 0.2) is 5.17 Å². The number of carbonyl (C=O) groups is 2. The molecule has 1 aromatic carbocycles. The molecule has 4 aliphatic rings. The Bertz CT molecular complexity index is 1230. The Balaban J connectivity index is 1.30. The molecule has 38 heavy (non-hydrogen) atoms. The van der Waals surface area contributed by atoms with Crippen LogP contribution in [0.25, 0.3) is 17.0 Å². The molecule has 3 heterocycles. The average molecular weight is 535 g/mol. The van der Waals surface area contributed by atoms with Gasteiger partial charge in [-0.2, -0.15) is 0 Å². The van der Waals surface area contributed by atoms with E-state index in [0.717, 1.165) is 52.2 Å². The van der Waals surface area contributed by atoms with Gasteiger partial charge in [0.1, 0.15) is 6.54 Å². The van der Waals surface area contributed by atoms with Crippen molar-refractivity contribution >= 4 is 45.7 Å². The van der Waals surface area contributed by atoms with Crippen LogP contribution in [0, 0.1) is 0 Å². The zero-order chi connectivity index (χ0) is 25.9. The van der Waals surface area contributed by atoms with Crippen LogP contribution in [0.5, 0.6) is 0 Å². The second kappa shape index (κ2) is 11.7. The van der Waals surface area contributed by atoms with Gasteiger partial charge in [-0.25, -0.2) is 0 Å². The number of hydrogen-bond donors (Lipinski definition) is 0. The van der Waals surface area contributed by atoms with E-state index in [1.54, 1.807) is 11.8 Å². The first-order valence-corrected chi connectivity index (χ1v) is 15.2. The summed E-state index contributed by atoms with van der Waals surface area (Å²) in [6.07, 6.45) is 15.8. The monoisotopic (exact) mass is 534 g/mol. The van der Waals surface area contributed by atoms with Crippen molar-refractivity contribution in [2.75, 3.05) is 26.3 Å². The normalized spacial score (nSPS) is 24.3. The number of para-hydroxylation sites is 1. The fraction of sp³-hybridized carbons (Fsp3) is 0.567. The van der Waals surface area contributed by atoms with E-state index < -0.39 is 0 Å². The molecule has 0 spiro atoms. The molecule has 2 saturated heterocycles. The highest BCUT2D eigenvalue weighted by Crippen LogP contribution is 2.39. The number of carbonyl (C=O) groups excluding carboxylic acids is 2. The Morgan fingerprint density at radius 3 is 2.47 bits per heavy atom. The summed E-state index contributed by atoms with van der Waals surface area (Å²) >= 11 is 1.55. The van der Waals surface area contributed by atoms with Gasteiger partial charge in [-0.3, -0.25) is 19.5 Å². The molecular formula is C30H38N4O3S. The van der Waals surface area contributed by atoms with E-state index in [-0.39, 0.29) is 24.4 Å². The molecule has 0 radical (unpaired) electrons. The fourth-order valence-electron chi connectivity index (χ4n) is 6.32. The first-order valence-electron chi connectivity index (χ1n) is 14.4. The first kappa shape index (κ1) is 25.7. The Labute approximate surface area is 229 Å². The van der Waals surface area contributed by atoms with E-state index in [0.29, 0.717) is 32.3 Å². The van der Waals surface area contributed by atoms with E-state index in [2.05, 4.69) is 12.1 Å². The van der Waals surface area contributed by atoms with Gasteiger partial charge in [0.05, 0.1) is 24.2 Å². The second-order valence-corrected chi connectivity index (χ2v) is 12.0.